The van der Waals surface area contributed by atoms with E-state index in [2.05, 4.69) is 22.4 Å². The van der Waals surface area contributed by atoms with Crippen molar-refractivity contribution in [3.8, 4) is 5.75 Å². The molecule has 0 spiro atoms. The summed E-state index contributed by atoms with van der Waals surface area (Å²) in [7, 11) is 0. The molecule has 0 unspecified atom stereocenters. The van der Waals surface area contributed by atoms with Crippen LogP contribution in [0.2, 0.25) is 0 Å². The zero-order chi connectivity index (χ0) is 18.4. The number of ether oxygens (including phenoxy) is 2. The van der Waals surface area contributed by atoms with Gasteiger partial charge in [-0.2, -0.15) is 0 Å². The summed E-state index contributed by atoms with van der Waals surface area (Å²) in [4.78, 5) is 14.9. The van der Waals surface area contributed by atoms with Crippen molar-refractivity contribution in [2.45, 2.75) is 25.2 Å². The van der Waals surface area contributed by atoms with Crippen LogP contribution < -0.4 is 10.1 Å². The summed E-state index contributed by atoms with van der Waals surface area (Å²) in [5.41, 5.74) is 1.01. The molecule has 7 heteroatoms. The lowest BCUT2D eigenvalue weighted by atomic mass is 9.74. The number of anilines is 1. The molecule has 26 heavy (non-hydrogen) atoms. The molecule has 1 fully saturated rings. The summed E-state index contributed by atoms with van der Waals surface area (Å²) in [6.45, 7) is 4.47. The molecule has 2 aromatic rings. The Balaban J connectivity index is 1.83. The summed E-state index contributed by atoms with van der Waals surface area (Å²) in [6.07, 6.45) is 3.24. The van der Waals surface area contributed by atoms with Crippen molar-refractivity contribution in [2.75, 3.05) is 31.7 Å². The Kier molecular flexibility index (Phi) is 5.68. The van der Waals surface area contributed by atoms with Gasteiger partial charge in [-0.25, -0.2) is 4.98 Å². The van der Waals surface area contributed by atoms with E-state index < -0.39 is 4.92 Å². The van der Waals surface area contributed by atoms with Gasteiger partial charge in [-0.05, 0) is 43.5 Å². The average molecular weight is 357 g/mol. The number of hydrogen-bond donors (Lipinski definition) is 1. The van der Waals surface area contributed by atoms with E-state index >= 15 is 0 Å². The van der Waals surface area contributed by atoms with E-state index in [1.165, 1.54) is 11.6 Å². The summed E-state index contributed by atoms with van der Waals surface area (Å²) in [5.74, 6) is 1.14. The van der Waals surface area contributed by atoms with Gasteiger partial charge in [0.1, 0.15) is 5.75 Å². The Morgan fingerprint density at radius 2 is 2.00 bits per heavy atom. The predicted octanol–water partition coefficient (Wildman–Crippen LogP) is 3.55. The van der Waals surface area contributed by atoms with E-state index in [9.17, 15) is 10.1 Å². The number of benzene rings is 1. The zero-order valence-corrected chi connectivity index (χ0v) is 14.8. The lowest BCUT2D eigenvalue weighted by molar-refractivity contribution is -0.384. The molecule has 1 aromatic heterocycles. The molecule has 0 bridgehead atoms. The molecular weight excluding hydrogens is 334 g/mol. The van der Waals surface area contributed by atoms with Crippen molar-refractivity contribution < 1.29 is 14.4 Å². The van der Waals surface area contributed by atoms with Crippen LogP contribution in [0.5, 0.6) is 5.75 Å². The Morgan fingerprint density at radius 1 is 1.27 bits per heavy atom. The van der Waals surface area contributed by atoms with Gasteiger partial charge in [-0.3, -0.25) is 10.1 Å². The molecule has 0 radical (unpaired) electrons. The highest BCUT2D eigenvalue weighted by atomic mass is 16.6. The number of nitrogens with zero attached hydrogens (tertiary/aromatic N) is 2. The molecule has 3 rings (SSSR count). The topological polar surface area (TPSA) is 86.5 Å². The average Bonchev–Trinajstić information content (AvgIpc) is 2.68. The first kappa shape index (κ1) is 18.1. The SMILES string of the molecule is CCOc1ccc(C2(CNc3ncccc3[N+](=O)[O-])CCOCC2)cc1. The highest BCUT2D eigenvalue weighted by molar-refractivity contribution is 5.55. The van der Waals surface area contributed by atoms with Crippen LogP contribution in [0.15, 0.2) is 42.6 Å². The molecule has 1 aliphatic rings. The molecule has 1 saturated heterocycles. The molecule has 0 aliphatic carbocycles. The van der Waals surface area contributed by atoms with Gasteiger partial charge in [-0.15, -0.1) is 0 Å². The first-order chi connectivity index (χ1) is 12.6. The van der Waals surface area contributed by atoms with Gasteiger partial charge in [0.15, 0.2) is 0 Å². The molecule has 0 amide bonds. The van der Waals surface area contributed by atoms with Crippen molar-refractivity contribution >= 4 is 11.5 Å². The van der Waals surface area contributed by atoms with Gasteiger partial charge < -0.3 is 14.8 Å². The third-order valence-corrected chi connectivity index (χ3v) is 4.80. The van der Waals surface area contributed by atoms with Crippen LogP contribution in [0.25, 0.3) is 0 Å². The second-order valence-corrected chi connectivity index (χ2v) is 6.33. The third-order valence-electron chi connectivity index (χ3n) is 4.80. The number of hydrogen-bond acceptors (Lipinski definition) is 6. The molecule has 1 aromatic carbocycles. The molecule has 7 nitrogen and oxygen atoms in total. The summed E-state index contributed by atoms with van der Waals surface area (Å²) in [6, 6.07) is 11.1. The summed E-state index contributed by atoms with van der Waals surface area (Å²) < 4.78 is 11.1. The van der Waals surface area contributed by atoms with Crippen molar-refractivity contribution in [3.05, 3.63) is 58.3 Å². The minimum absolute atomic E-state index is 0.0126. The number of nitrogens with one attached hydrogen (secondary N) is 1. The zero-order valence-electron chi connectivity index (χ0n) is 14.8. The van der Waals surface area contributed by atoms with Crippen molar-refractivity contribution in [1.82, 2.24) is 4.98 Å². The lowest BCUT2D eigenvalue weighted by Gasteiger charge is -2.38. The maximum absolute atomic E-state index is 11.2. The smallest absolute Gasteiger partial charge is 0.311 e. The van der Waals surface area contributed by atoms with Gasteiger partial charge in [0.25, 0.3) is 0 Å². The standard InChI is InChI=1S/C19H23N3O4/c1-2-26-16-7-5-15(6-8-16)19(9-12-25-13-10-19)14-21-18-17(22(23)24)4-3-11-20-18/h3-8,11H,2,9-10,12-14H2,1H3,(H,20,21). The van der Waals surface area contributed by atoms with Crippen molar-refractivity contribution in [3.63, 3.8) is 0 Å². The van der Waals surface area contributed by atoms with Gasteiger partial charge >= 0.3 is 5.69 Å². The second kappa shape index (κ2) is 8.14. The van der Waals surface area contributed by atoms with E-state index in [-0.39, 0.29) is 11.1 Å². The van der Waals surface area contributed by atoms with E-state index in [1.807, 2.05) is 19.1 Å². The minimum atomic E-state index is -0.414. The first-order valence-corrected chi connectivity index (χ1v) is 8.79. The molecular formula is C19H23N3O4. The summed E-state index contributed by atoms with van der Waals surface area (Å²) >= 11 is 0. The van der Waals surface area contributed by atoms with Gasteiger partial charge in [-0.1, -0.05) is 12.1 Å². The lowest BCUT2D eigenvalue weighted by Crippen LogP contribution is -2.40. The van der Waals surface area contributed by atoms with E-state index in [0.717, 1.165) is 18.6 Å². The number of pyridine rings is 1. The van der Waals surface area contributed by atoms with Crippen molar-refractivity contribution in [2.24, 2.45) is 0 Å². The molecule has 2 heterocycles. The number of rotatable bonds is 7. The van der Waals surface area contributed by atoms with Crippen LogP contribution in [-0.4, -0.2) is 36.3 Å². The van der Waals surface area contributed by atoms with Crippen LogP contribution in [0.4, 0.5) is 11.5 Å². The van der Waals surface area contributed by atoms with E-state index in [1.54, 1.807) is 12.3 Å². The third kappa shape index (κ3) is 3.94. The predicted molar refractivity (Wildman–Crippen MR) is 98.7 cm³/mol. The minimum Gasteiger partial charge on any atom is -0.494 e. The van der Waals surface area contributed by atoms with Gasteiger partial charge in [0.2, 0.25) is 5.82 Å². The first-order valence-electron chi connectivity index (χ1n) is 8.79. The number of nitro groups is 1. The fraction of sp³-hybridized carbons (Fsp3) is 0.421. The molecule has 1 N–H and O–H groups in total. The Bertz CT molecular complexity index is 743. The van der Waals surface area contributed by atoms with Crippen molar-refractivity contribution in [1.29, 1.82) is 0 Å². The Morgan fingerprint density at radius 3 is 2.65 bits per heavy atom. The molecule has 138 valence electrons. The van der Waals surface area contributed by atoms with Crippen LogP contribution >= 0.6 is 0 Å². The number of aromatic nitrogens is 1. The molecule has 0 saturated carbocycles. The maximum Gasteiger partial charge on any atom is 0.311 e. The van der Waals surface area contributed by atoms with Crippen LogP contribution in [0, 0.1) is 10.1 Å². The monoisotopic (exact) mass is 357 g/mol. The van der Waals surface area contributed by atoms with E-state index in [4.69, 9.17) is 9.47 Å². The second-order valence-electron chi connectivity index (χ2n) is 6.33. The molecule has 0 atom stereocenters. The summed E-state index contributed by atoms with van der Waals surface area (Å²) in [5, 5.41) is 14.4. The fourth-order valence-electron chi connectivity index (χ4n) is 3.33. The molecule has 1 aliphatic heterocycles. The van der Waals surface area contributed by atoms with Gasteiger partial charge in [0, 0.05) is 37.4 Å². The Hall–Kier alpha value is -2.67. The highest BCUT2D eigenvalue weighted by Gasteiger charge is 2.35. The largest absolute Gasteiger partial charge is 0.494 e. The van der Waals surface area contributed by atoms with Crippen LogP contribution in [-0.2, 0) is 10.2 Å². The Labute approximate surface area is 152 Å². The highest BCUT2D eigenvalue weighted by Crippen LogP contribution is 2.36. The van der Waals surface area contributed by atoms with E-state index in [0.29, 0.717) is 32.2 Å². The maximum atomic E-state index is 11.2. The fourth-order valence-corrected chi connectivity index (χ4v) is 3.33. The quantitative estimate of drug-likeness (QED) is 0.602. The van der Waals surface area contributed by atoms with Gasteiger partial charge in [0.05, 0.1) is 11.5 Å². The van der Waals surface area contributed by atoms with Crippen LogP contribution in [0.3, 0.4) is 0 Å². The van der Waals surface area contributed by atoms with Crippen LogP contribution in [0.1, 0.15) is 25.3 Å². The normalized spacial score (nSPS) is 16.0.